The number of phosphoric acid groups is 1. The zero-order chi connectivity index (χ0) is 43.6. The number of rotatable bonds is 45. The Morgan fingerprint density at radius 3 is 1.25 bits per heavy atom. The molecular weight excluding hydrogens is 762 g/mol. The Labute approximate surface area is 364 Å². The molecule has 0 aliphatic rings. The summed E-state index contributed by atoms with van der Waals surface area (Å²) >= 11 is 0. The molecule has 0 saturated heterocycles. The standard InChI is InChI=1S/C49H94NO8P/c1-6-8-10-12-14-16-18-20-22-24-25-26-28-30-32-34-36-38-40-42-49(52)58-47(46-57-59(53,54)56-44-43-50(3,4)5)45-55-48(51)41-39-37-35-33-31-29-27-23-21-19-17-15-13-11-9-7-2/h23-25,27,47H,6-22,26,28-46H2,1-5H3/p+1/b25-24-,27-23-/t47-/m1/s1. The summed E-state index contributed by atoms with van der Waals surface area (Å²) in [7, 11) is 1.48. The second kappa shape index (κ2) is 41.8. The number of allylic oxidation sites excluding steroid dienone is 4. The van der Waals surface area contributed by atoms with Crippen LogP contribution in [0.5, 0.6) is 0 Å². The number of hydrogen-bond donors (Lipinski definition) is 1. The van der Waals surface area contributed by atoms with Crippen LogP contribution in [-0.2, 0) is 32.7 Å². The van der Waals surface area contributed by atoms with Crippen LogP contribution in [0.4, 0.5) is 0 Å². The molecule has 0 rings (SSSR count). The van der Waals surface area contributed by atoms with Crippen molar-refractivity contribution in [1.29, 1.82) is 0 Å². The van der Waals surface area contributed by atoms with Gasteiger partial charge in [0.2, 0.25) is 0 Å². The van der Waals surface area contributed by atoms with E-state index in [1.54, 1.807) is 0 Å². The van der Waals surface area contributed by atoms with E-state index in [1.165, 1.54) is 128 Å². The third-order valence-corrected chi connectivity index (χ3v) is 11.7. The van der Waals surface area contributed by atoms with Crippen LogP contribution in [0.15, 0.2) is 24.3 Å². The van der Waals surface area contributed by atoms with Gasteiger partial charge < -0.3 is 18.9 Å². The minimum atomic E-state index is -4.38. The number of carbonyl (C=O) groups is 2. The van der Waals surface area contributed by atoms with Gasteiger partial charge in [-0.1, -0.05) is 173 Å². The smallest absolute Gasteiger partial charge is 0.462 e. The highest BCUT2D eigenvalue weighted by molar-refractivity contribution is 7.47. The minimum absolute atomic E-state index is 0.0309. The summed E-state index contributed by atoms with van der Waals surface area (Å²) in [6.07, 6.45) is 46.5. The van der Waals surface area contributed by atoms with Gasteiger partial charge in [-0.05, 0) is 64.2 Å². The molecule has 59 heavy (non-hydrogen) atoms. The summed E-state index contributed by atoms with van der Waals surface area (Å²) in [5.41, 5.74) is 0. The van der Waals surface area contributed by atoms with Crippen LogP contribution in [0.1, 0.15) is 226 Å². The molecule has 0 aromatic rings. The number of unbranched alkanes of at least 4 members (excludes halogenated alkanes) is 27. The summed E-state index contributed by atoms with van der Waals surface area (Å²) in [6, 6.07) is 0. The van der Waals surface area contributed by atoms with Crippen LogP contribution in [0.2, 0.25) is 0 Å². The average molecular weight is 857 g/mol. The van der Waals surface area contributed by atoms with Gasteiger partial charge in [-0.15, -0.1) is 0 Å². The van der Waals surface area contributed by atoms with Gasteiger partial charge in [0.15, 0.2) is 6.10 Å². The van der Waals surface area contributed by atoms with E-state index in [2.05, 4.69) is 38.2 Å². The summed E-state index contributed by atoms with van der Waals surface area (Å²) in [6.45, 7) is 4.43. The second-order valence-corrected chi connectivity index (χ2v) is 19.3. The van der Waals surface area contributed by atoms with E-state index in [9.17, 15) is 19.0 Å². The molecule has 0 amide bonds. The molecule has 0 heterocycles. The summed E-state index contributed by atoms with van der Waals surface area (Å²) < 4.78 is 34.4. The first-order valence-electron chi connectivity index (χ1n) is 24.6. The molecule has 0 bridgehead atoms. The fourth-order valence-corrected chi connectivity index (χ4v) is 7.57. The first kappa shape index (κ1) is 57.5. The van der Waals surface area contributed by atoms with Crippen LogP contribution < -0.4 is 0 Å². The summed E-state index contributed by atoms with van der Waals surface area (Å²) in [5.74, 6) is -0.805. The Morgan fingerprint density at radius 1 is 0.508 bits per heavy atom. The minimum Gasteiger partial charge on any atom is -0.462 e. The van der Waals surface area contributed by atoms with Crippen LogP contribution in [0.3, 0.4) is 0 Å². The highest BCUT2D eigenvalue weighted by atomic mass is 31.2. The van der Waals surface area contributed by atoms with E-state index >= 15 is 0 Å². The highest BCUT2D eigenvalue weighted by Gasteiger charge is 2.27. The molecule has 9 nitrogen and oxygen atoms in total. The largest absolute Gasteiger partial charge is 0.472 e. The molecule has 0 aliphatic heterocycles. The molecule has 0 saturated carbocycles. The van der Waals surface area contributed by atoms with Gasteiger partial charge >= 0.3 is 19.8 Å². The van der Waals surface area contributed by atoms with Crippen molar-refractivity contribution in [1.82, 2.24) is 0 Å². The third kappa shape index (κ3) is 45.8. The third-order valence-electron chi connectivity index (χ3n) is 10.7. The monoisotopic (exact) mass is 857 g/mol. The lowest BCUT2D eigenvalue weighted by molar-refractivity contribution is -0.870. The Balaban J connectivity index is 4.29. The van der Waals surface area contributed by atoms with Crippen molar-refractivity contribution in [3.8, 4) is 0 Å². The Hall–Kier alpha value is -1.51. The number of nitrogens with zero attached hydrogens (tertiary/aromatic N) is 1. The van der Waals surface area contributed by atoms with Crippen LogP contribution in [-0.4, -0.2) is 74.9 Å². The van der Waals surface area contributed by atoms with E-state index in [1.807, 2.05) is 21.1 Å². The lowest BCUT2D eigenvalue weighted by Gasteiger charge is -2.24. The molecule has 0 radical (unpaired) electrons. The van der Waals surface area contributed by atoms with Crippen molar-refractivity contribution in [3.63, 3.8) is 0 Å². The molecular formula is C49H95NO8P+. The fraction of sp³-hybridized carbons (Fsp3) is 0.878. The molecule has 0 aromatic carbocycles. The van der Waals surface area contributed by atoms with Crippen molar-refractivity contribution < 1.29 is 42.1 Å². The Morgan fingerprint density at radius 2 is 0.864 bits per heavy atom. The summed E-state index contributed by atoms with van der Waals surface area (Å²) in [5, 5.41) is 0. The molecule has 1 N–H and O–H groups in total. The van der Waals surface area contributed by atoms with Crippen molar-refractivity contribution in [2.75, 3.05) is 47.5 Å². The van der Waals surface area contributed by atoms with Gasteiger partial charge in [-0.25, -0.2) is 4.57 Å². The van der Waals surface area contributed by atoms with E-state index in [4.69, 9.17) is 18.5 Å². The predicted octanol–water partition coefficient (Wildman–Crippen LogP) is 14.3. The van der Waals surface area contributed by atoms with Crippen molar-refractivity contribution in [2.45, 2.75) is 232 Å². The molecule has 348 valence electrons. The molecule has 1 unspecified atom stereocenters. The van der Waals surface area contributed by atoms with E-state index in [-0.39, 0.29) is 32.0 Å². The average Bonchev–Trinajstić information content (AvgIpc) is 3.19. The maximum atomic E-state index is 12.7. The molecule has 10 heteroatoms. The first-order valence-corrected chi connectivity index (χ1v) is 26.1. The van der Waals surface area contributed by atoms with Gasteiger partial charge in [-0.2, -0.15) is 0 Å². The topological polar surface area (TPSA) is 108 Å². The van der Waals surface area contributed by atoms with E-state index in [0.29, 0.717) is 17.4 Å². The Kier molecular flexibility index (Phi) is 40.8. The van der Waals surface area contributed by atoms with Crippen LogP contribution in [0, 0.1) is 0 Å². The van der Waals surface area contributed by atoms with E-state index < -0.39 is 26.5 Å². The molecule has 0 aromatic heterocycles. The van der Waals surface area contributed by atoms with Crippen LogP contribution >= 0.6 is 7.82 Å². The number of esters is 2. The number of quaternary nitrogens is 1. The molecule has 0 fully saturated rings. The first-order chi connectivity index (χ1) is 28.5. The van der Waals surface area contributed by atoms with Gasteiger partial charge in [0.05, 0.1) is 27.7 Å². The number of hydrogen-bond acceptors (Lipinski definition) is 7. The predicted molar refractivity (Wildman–Crippen MR) is 247 cm³/mol. The number of phosphoric ester groups is 1. The van der Waals surface area contributed by atoms with Gasteiger partial charge in [0, 0.05) is 12.8 Å². The Bertz CT molecular complexity index is 1060. The molecule has 0 aliphatic carbocycles. The quantitative estimate of drug-likeness (QED) is 0.0212. The van der Waals surface area contributed by atoms with Crippen molar-refractivity contribution in [2.24, 2.45) is 0 Å². The highest BCUT2D eigenvalue weighted by Crippen LogP contribution is 2.43. The fourth-order valence-electron chi connectivity index (χ4n) is 6.83. The number of likely N-dealkylation sites (N-methyl/N-ethyl adjacent to an activating group) is 1. The zero-order valence-corrected chi connectivity index (χ0v) is 40.1. The van der Waals surface area contributed by atoms with Gasteiger partial charge in [0.25, 0.3) is 0 Å². The molecule has 0 spiro atoms. The number of ether oxygens (including phenoxy) is 2. The van der Waals surface area contributed by atoms with Crippen molar-refractivity contribution >= 4 is 19.8 Å². The van der Waals surface area contributed by atoms with Gasteiger partial charge in [0.1, 0.15) is 19.8 Å². The van der Waals surface area contributed by atoms with E-state index in [0.717, 1.165) is 64.2 Å². The van der Waals surface area contributed by atoms with Gasteiger partial charge in [-0.3, -0.25) is 18.6 Å². The SMILES string of the molecule is CCCCCCCCC/C=C\CCCCCCCC(=O)OC[C@H](COP(=O)(O)OCC[N+](C)(C)C)OC(=O)CCCCCCCCC/C=C\CCCCCCCCCC. The number of carbonyl (C=O) groups excluding carboxylic acids is 2. The second-order valence-electron chi connectivity index (χ2n) is 17.8. The summed E-state index contributed by atoms with van der Waals surface area (Å²) in [4.78, 5) is 35.5. The lowest BCUT2D eigenvalue weighted by Crippen LogP contribution is -2.37. The molecule has 2 atom stereocenters. The van der Waals surface area contributed by atoms with Crippen LogP contribution in [0.25, 0.3) is 0 Å². The lowest BCUT2D eigenvalue weighted by atomic mass is 10.1. The zero-order valence-electron chi connectivity index (χ0n) is 39.2. The maximum Gasteiger partial charge on any atom is 0.472 e. The van der Waals surface area contributed by atoms with Crippen molar-refractivity contribution in [3.05, 3.63) is 24.3 Å². The normalized spacial score (nSPS) is 13.7. The maximum absolute atomic E-state index is 12.7.